The highest BCUT2D eigenvalue weighted by Crippen LogP contribution is 2.30. The van der Waals surface area contributed by atoms with Crippen LogP contribution in [0, 0.1) is 12.7 Å². The molecular formula is C17H19FO2. The minimum Gasteiger partial charge on any atom is -0.457 e. The van der Waals surface area contributed by atoms with E-state index in [0.717, 1.165) is 5.56 Å². The number of ether oxygens (including phenoxy) is 1. The van der Waals surface area contributed by atoms with Gasteiger partial charge in [0.1, 0.15) is 17.3 Å². The van der Waals surface area contributed by atoms with Crippen LogP contribution >= 0.6 is 0 Å². The fourth-order valence-electron chi connectivity index (χ4n) is 2.27. The van der Waals surface area contributed by atoms with Crippen molar-refractivity contribution in [3.63, 3.8) is 0 Å². The number of halogens is 1. The fraction of sp³-hybridized carbons (Fsp3) is 0.294. The van der Waals surface area contributed by atoms with Crippen LogP contribution < -0.4 is 4.74 Å². The van der Waals surface area contributed by atoms with Crippen molar-refractivity contribution in [2.75, 3.05) is 0 Å². The molecule has 2 aromatic carbocycles. The second-order valence-electron chi connectivity index (χ2n) is 5.15. The largest absolute Gasteiger partial charge is 0.457 e. The average molecular weight is 274 g/mol. The van der Waals surface area contributed by atoms with Crippen molar-refractivity contribution >= 4 is 0 Å². The molecule has 0 amide bonds. The molecule has 1 N–H and O–H groups in total. The lowest BCUT2D eigenvalue weighted by molar-refractivity contribution is 0.270. The van der Waals surface area contributed by atoms with E-state index in [0.29, 0.717) is 17.4 Å². The first-order valence-electron chi connectivity index (χ1n) is 6.69. The van der Waals surface area contributed by atoms with Crippen molar-refractivity contribution in [3.8, 4) is 11.5 Å². The Hall–Kier alpha value is -1.87. The Labute approximate surface area is 118 Å². The maximum absolute atomic E-state index is 13.6. The van der Waals surface area contributed by atoms with E-state index >= 15 is 0 Å². The Kier molecular flexibility index (Phi) is 4.40. The fourth-order valence-corrected chi connectivity index (χ4v) is 2.27. The van der Waals surface area contributed by atoms with Gasteiger partial charge in [-0.15, -0.1) is 0 Å². The molecule has 0 heterocycles. The van der Waals surface area contributed by atoms with Gasteiger partial charge >= 0.3 is 0 Å². The number of aryl methyl sites for hydroxylation is 1. The molecule has 0 aromatic heterocycles. The van der Waals surface area contributed by atoms with Gasteiger partial charge < -0.3 is 9.84 Å². The van der Waals surface area contributed by atoms with Crippen LogP contribution in [0.4, 0.5) is 4.39 Å². The summed E-state index contributed by atoms with van der Waals surface area (Å²) in [7, 11) is 0. The predicted molar refractivity (Wildman–Crippen MR) is 77.7 cm³/mol. The summed E-state index contributed by atoms with van der Waals surface area (Å²) in [6.45, 7) is 5.92. The van der Waals surface area contributed by atoms with Gasteiger partial charge in [-0.2, -0.15) is 0 Å². The number of rotatable bonds is 4. The van der Waals surface area contributed by atoms with Crippen molar-refractivity contribution in [1.29, 1.82) is 0 Å². The molecule has 0 aliphatic rings. The zero-order valence-corrected chi connectivity index (χ0v) is 12.0. The molecule has 0 aliphatic heterocycles. The quantitative estimate of drug-likeness (QED) is 0.886. The molecule has 0 spiro atoms. The van der Waals surface area contributed by atoms with Crippen LogP contribution in [0.15, 0.2) is 36.4 Å². The average Bonchev–Trinajstić information content (AvgIpc) is 2.38. The van der Waals surface area contributed by atoms with Gasteiger partial charge in [0.2, 0.25) is 0 Å². The zero-order valence-electron chi connectivity index (χ0n) is 12.0. The van der Waals surface area contributed by atoms with Crippen LogP contribution in [-0.4, -0.2) is 5.11 Å². The van der Waals surface area contributed by atoms with E-state index in [2.05, 4.69) is 13.8 Å². The number of aliphatic hydroxyl groups is 1. The van der Waals surface area contributed by atoms with Gasteiger partial charge in [0.05, 0.1) is 12.2 Å². The third kappa shape index (κ3) is 2.99. The van der Waals surface area contributed by atoms with Crippen LogP contribution in [0.5, 0.6) is 11.5 Å². The van der Waals surface area contributed by atoms with E-state index in [1.54, 1.807) is 12.1 Å². The van der Waals surface area contributed by atoms with Crippen LogP contribution in [0.1, 0.15) is 36.5 Å². The van der Waals surface area contributed by atoms with Crippen LogP contribution in [0.25, 0.3) is 0 Å². The van der Waals surface area contributed by atoms with E-state index < -0.39 is 5.82 Å². The third-order valence-corrected chi connectivity index (χ3v) is 3.33. The monoisotopic (exact) mass is 274 g/mol. The summed E-state index contributed by atoms with van der Waals surface area (Å²) in [5, 5.41) is 9.23. The third-order valence-electron chi connectivity index (χ3n) is 3.33. The summed E-state index contributed by atoms with van der Waals surface area (Å²) in [4.78, 5) is 0. The first-order valence-corrected chi connectivity index (χ1v) is 6.69. The normalized spacial score (nSPS) is 10.9. The molecule has 0 atom stereocenters. The number of aliphatic hydroxyl groups excluding tert-OH is 1. The van der Waals surface area contributed by atoms with E-state index in [1.165, 1.54) is 11.6 Å². The topological polar surface area (TPSA) is 29.5 Å². The Bertz CT molecular complexity index is 606. The predicted octanol–water partition coefficient (Wildman–Crippen LogP) is 4.54. The van der Waals surface area contributed by atoms with E-state index in [-0.39, 0.29) is 12.2 Å². The van der Waals surface area contributed by atoms with Crippen LogP contribution in [0.2, 0.25) is 0 Å². The second-order valence-corrected chi connectivity index (χ2v) is 5.15. The van der Waals surface area contributed by atoms with E-state index in [9.17, 15) is 9.50 Å². The van der Waals surface area contributed by atoms with Gasteiger partial charge in [-0.1, -0.05) is 26.0 Å². The molecule has 2 rings (SSSR count). The minimum atomic E-state index is -0.458. The van der Waals surface area contributed by atoms with Crippen LogP contribution in [0.3, 0.4) is 0 Å². The summed E-state index contributed by atoms with van der Waals surface area (Å²) >= 11 is 0. The molecule has 0 saturated carbocycles. The highest BCUT2D eigenvalue weighted by atomic mass is 19.1. The van der Waals surface area contributed by atoms with Crippen molar-refractivity contribution in [1.82, 2.24) is 0 Å². The molecule has 2 nitrogen and oxygen atoms in total. The number of hydrogen-bond donors (Lipinski definition) is 1. The first-order chi connectivity index (χ1) is 9.52. The van der Waals surface area contributed by atoms with Gasteiger partial charge in [-0.05, 0) is 48.2 Å². The number of benzene rings is 2. The lowest BCUT2D eigenvalue weighted by Gasteiger charge is -2.14. The smallest absolute Gasteiger partial charge is 0.135 e. The molecule has 20 heavy (non-hydrogen) atoms. The van der Waals surface area contributed by atoms with Gasteiger partial charge in [0, 0.05) is 0 Å². The number of hydrogen-bond acceptors (Lipinski definition) is 2. The molecule has 0 unspecified atom stereocenters. The highest BCUT2D eigenvalue weighted by molar-refractivity contribution is 5.41. The lowest BCUT2D eigenvalue weighted by Crippen LogP contribution is -1.97. The van der Waals surface area contributed by atoms with Crippen molar-refractivity contribution in [3.05, 3.63) is 58.9 Å². The first kappa shape index (κ1) is 14.5. The highest BCUT2D eigenvalue weighted by Gasteiger charge is 2.10. The molecule has 0 radical (unpaired) electrons. The zero-order chi connectivity index (χ0) is 14.7. The molecule has 3 heteroatoms. The lowest BCUT2D eigenvalue weighted by atomic mass is 9.98. The SMILES string of the molecule is Cc1cc(Oc2cccc(F)c2CO)ccc1C(C)C. The van der Waals surface area contributed by atoms with E-state index in [4.69, 9.17) is 4.74 Å². The molecule has 2 aromatic rings. The molecule has 0 aliphatic carbocycles. The summed E-state index contributed by atoms with van der Waals surface area (Å²) in [6.07, 6.45) is 0. The van der Waals surface area contributed by atoms with Gasteiger partial charge in [0.15, 0.2) is 0 Å². The molecule has 0 bridgehead atoms. The minimum absolute atomic E-state index is 0.179. The van der Waals surface area contributed by atoms with Crippen molar-refractivity contribution < 1.29 is 14.2 Å². The summed E-state index contributed by atoms with van der Waals surface area (Å²) in [5.74, 6) is 0.989. The summed E-state index contributed by atoms with van der Waals surface area (Å²) in [6, 6.07) is 10.4. The Balaban J connectivity index is 2.31. The maximum atomic E-state index is 13.6. The van der Waals surface area contributed by atoms with Crippen molar-refractivity contribution in [2.24, 2.45) is 0 Å². The standard InChI is InChI=1S/C17H19FO2/c1-11(2)14-8-7-13(9-12(14)3)20-17-6-4-5-16(18)15(17)10-19/h4-9,11,19H,10H2,1-3H3. The second kappa shape index (κ2) is 6.06. The molecule has 0 saturated heterocycles. The molecule has 106 valence electrons. The van der Waals surface area contributed by atoms with Gasteiger partial charge in [-0.25, -0.2) is 4.39 Å². The summed E-state index contributed by atoms with van der Waals surface area (Å²) in [5.41, 5.74) is 2.58. The molecule has 0 fully saturated rings. The Morgan fingerprint density at radius 2 is 1.95 bits per heavy atom. The molecular weight excluding hydrogens is 255 g/mol. The summed E-state index contributed by atoms with van der Waals surface area (Å²) < 4.78 is 19.3. The maximum Gasteiger partial charge on any atom is 0.135 e. The Morgan fingerprint density at radius 1 is 1.20 bits per heavy atom. The van der Waals surface area contributed by atoms with Gasteiger partial charge in [-0.3, -0.25) is 0 Å². The Morgan fingerprint density at radius 3 is 2.55 bits per heavy atom. The van der Waals surface area contributed by atoms with E-state index in [1.807, 2.05) is 25.1 Å². The van der Waals surface area contributed by atoms with Crippen LogP contribution in [-0.2, 0) is 6.61 Å². The van der Waals surface area contributed by atoms with Crippen molar-refractivity contribution in [2.45, 2.75) is 33.3 Å². The van der Waals surface area contributed by atoms with Gasteiger partial charge in [0.25, 0.3) is 0 Å².